The predicted molar refractivity (Wildman–Crippen MR) is 86.3 cm³/mol. The molecule has 2 N–H and O–H groups in total. The normalized spacial score (nSPS) is 10.4. The third-order valence-electron chi connectivity index (χ3n) is 2.58. The minimum Gasteiger partial charge on any atom is -0.497 e. The molecule has 0 amide bonds. The van der Waals surface area contributed by atoms with Crippen molar-refractivity contribution in [2.24, 2.45) is 5.10 Å². The van der Waals surface area contributed by atoms with E-state index in [4.69, 9.17) is 17.0 Å². The van der Waals surface area contributed by atoms with Gasteiger partial charge in [0.25, 0.3) is 0 Å². The molecule has 0 aliphatic heterocycles. The number of hydrogen-bond donors (Lipinski definition) is 2. The molecule has 0 bridgehead atoms. The van der Waals surface area contributed by atoms with Crippen molar-refractivity contribution in [3.05, 3.63) is 59.9 Å². The van der Waals surface area contributed by atoms with Gasteiger partial charge < -0.3 is 10.1 Å². The number of halogens is 1. The molecule has 2 aromatic carbocycles. The molecule has 2 aromatic rings. The highest BCUT2D eigenvalue weighted by Gasteiger charge is 1.97. The summed E-state index contributed by atoms with van der Waals surface area (Å²) in [6.45, 7) is 0. The highest BCUT2D eigenvalue weighted by atomic mass is 32.1. The van der Waals surface area contributed by atoms with Crippen LogP contribution in [0.4, 0.5) is 10.1 Å². The minimum absolute atomic E-state index is 0.296. The fraction of sp³-hybridized carbons (Fsp3) is 0.0667. The van der Waals surface area contributed by atoms with E-state index in [1.54, 1.807) is 25.5 Å². The van der Waals surface area contributed by atoms with Gasteiger partial charge in [0.2, 0.25) is 0 Å². The monoisotopic (exact) mass is 303 g/mol. The summed E-state index contributed by atoms with van der Waals surface area (Å²) in [4.78, 5) is 0. The first kappa shape index (κ1) is 14.9. The van der Waals surface area contributed by atoms with Crippen LogP contribution >= 0.6 is 12.2 Å². The summed E-state index contributed by atoms with van der Waals surface area (Å²) >= 11 is 5.08. The SMILES string of the molecule is COc1cccc(/C=N/NC(=S)Nc2ccc(F)cc2)c1. The molecule has 0 spiro atoms. The van der Waals surface area contributed by atoms with Gasteiger partial charge in [0.15, 0.2) is 5.11 Å². The molecule has 0 radical (unpaired) electrons. The van der Waals surface area contributed by atoms with Gasteiger partial charge >= 0.3 is 0 Å². The second-order valence-electron chi connectivity index (χ2n) is 4.11. The van der Waals surface area contributed by atoms with Crippen molar-refractivity contribution in [3.63, 3.8) is 0 Å². The van der Waals surface area contributed by atoms with Crippen LogP contribution < -0.4 is 15.5 Å². The summed E-state index contributed by atoms with van der Waals surface area (Å²) in [7, 11) is 1.61. The Balaban J connectivity index is 1.88. The number of hydrogen-bond acceptors (Lipinski definition) is 3. The largest absolute Gasteiger partial charge is 0.497 e. The van der Waals surface area contributed by atoms with Crippen LogP contribution in [0.2, 0.25) is 0 Å². The zero-order valence-corrected chi connectivity index (χ0v) is 12.2. The third-order valence-corrected chi connectivity index (χ3v) is 2.77. The van der Waals surface area contributed by atoms with Gasteiger partial charge in [-0.05, 0) is 54.2 Å². The molecule has 6 heteroatoms. The van der Waals surface area contributed by atoms with Crippen LogP contribution in [0, 0.1) is 5.82 Å². The average molecular weight is 303 g/mol. The van der Waals surface area contributed by atoms with Gasteiger partial charge in [-0.15, -0.1) is 0 Å². The number of nitrogens with one attached hydrogen (secondary N) is 2. The summed E-state index contributed by atoms with van der Waals surface area (Å²) in [5.41, 5.74) is 4.25. The Morgan fingerprint density at radius 3 is 2.71 bits per heavy atom. The van der Waals surface area contributed by atoms with E-state index < -0.39 is 0 Å². The number of ether oxygens (including phenoxy) is 1. The minimum atomic E-state index is -0.296. The lowest BCUT2D eigenvalue weighted by molar-refractivity contribution is 0.415. The van der Waals surface area contributed by atoms with Crippen LogP contribution in [0.1, 0.15) is 5.56 Å². The van der Waals surface area contributed by atoms with Crippen LogP contribution in [-0.2, 0) is 0 Å². The van der Waals surface area contributed by atoms with E-state index in [9.17, 15) is 4.39 Å². The van der Waals surface area contributed by atoms with Gasteiger partial charge in [-0.3, -0.25) is 5.43 Å². The first-order valence-electron chi connectivity index (χ1n) is 6.17. The summed E-state index contributed by atoms with van der Waals surface area (Å²) in [6.07, 6.45) is 1.63. The van der Waals surface area contributed by atoms with E-state index in [2.05, 4.69) is 15.8 Å². The molecule has 0 aliphatic rings. The second kappa shape index (κ2) is 7.35. The van der Waals surface area contributed by atoms with Crippen LogP contribution in [0.3, 0.4) is 0 Å². The lowest BCUT2D eigenvalue weighted by atomic mass is 10.2. The van der Waals surface area contributed by atoms with E-state index in [1.807, 2.05) is 24.3 Å². The quantitative estimate of drug-likeness (QED) is 0.517. The van der Waals surface area contributed by atoms with Gasteiger partial charge in [0.05, 0.1) is 13.3 Å². The maximum Gasteiger partial charge on any atom is 0.191 e. The number of thiocarbonyl (C=S) groups is 1. The molecule has 0 saturated heterocycles. The lowest BCUT2D eigenvalue weighted by Gasteiger charge is -2.06. The molecule has 0 saturated carbocycles. The number of anilines is 1. The number of rotatable bonds is 4. The standard InChI is InChI=1S/C15H14FN3OS/c1-20-14-4-2-3-11(9-14)10-17-19-15(21)18-13-7-5-12(16)6-8-13/h2-10H,1H3,(H2,18,19,21)/b17-10+. The van der Waals surface area contributed by atoms with Crippen molar-refractivity contribution in [1.29, 1.82) is 0 Å². The van der Waals surface area contributed by atoms with Crippen molar-refractivity contribution >= 4 is 29.2 Å². The average Bonchev–Trinajstić information content (AvgIpc) is 2.50. The molecule has 0 heterocycles. The van der Waals surface area contributed by atoms with Crippen molar-refractivity contribution < 1.29 is 9.13 Å². The third kappa shape index (κ3) is 4.85. The fourth-order valence-corrected chi connectivity index (χ4v) is 1.75. The van der Waals surface area contributed by atoms with E-state index in [0.717, 1.165) is 11.3 Å². The highest BCUT2D eigenvalue weighted by molar-refractivity contribution is 7.80. The van der Waals surface area contributed by atoms with Gasteiger partial charge in [0, 0.05) is 5.69 Å². The van der Waals surface area contributed by atoms with Gasteiger partial charge in [0.1, 0.15) is 11.6 Å². The zero-order valence-electron chi connectivity index (χ0n) is 11.3. The molecule has 0 aliphatic carbocycles. The molecule has 0 atom stereocenters. The molecular weight excluding hydrogens is 289 g/mol. The van der Waals surface area contributed by atoms with Crippen LogP contribution in [0.15, 0.2) is 53.6 Å². The first-order valence-corrected chi connectivity index (χ1v) is 6.58. The molecule has 0 unspecified atom stereocenters. The van der Waals surface area contributed by atoms with Crippen LogP contribution in [0.5, 0.6) is 5.75 Å². The fourth-order valence-electron chi connectivity index (χ4n) is 1.58. The molecule has 4 nitrogen and oxygen atoms in total. The maximum atomic E-state index is 12.8. The predicted octanol–water partition coefficient (Wildman–Crippen LogP) is 3.15. The Bertz CT molecular complexity index is 644. The van der Waals surface area contributed by atoms with E-state index in [1.165, 1.54) is 12.1 Å². The number of hydrazone groups is 1. The van der Waals surface area contributed by atoms with Gasteiger partial charge in [-0.2, -0.15) is 5.10 Å². The highest BCUT2D eigenvalue weighted by Crippen LogP contribution is 2.10. The Kier molecular flexibility index (Phi) is 5.22. The Morgan fingerprint density at radius 1 is 1.24 bits per heavy atom. The van der Waals surface area contributed by atoms with Crippen molar-refractivity contribution in [1.82, 2.24) is 5.43 Å². The van der Waals surface area contributed by atoms with Crippen LogP contribution in [0.25, 0.3) is 0 Å². The summed E-state index contributed by atoms with van der Waals surface area (Å²) in [5, 5.41) is 7.24. The topological polar surface area (TPSA) is 45.6 Å². The summed E-state index contributed by atoms with van der Waals surface area (Å²) < 4.78 is 17.9. The molecule has 2 rings (SSSR count). The number of benzene rings is 2. The number of methoxy groups -OCH3 is 1. The molecule has 108 valence electrons. The lowest BCUT2D eigenvalue weighted by Crippen LogP contribution is -2.23. The van der Waals surface area contributed by atoms with E-state index in [-0.39, 0.29) is 5.82 Å². The Morgan fingerprint density at radius 2 is 2.00 bits per heavy atom. The summed E-state index contributed by atoms with van der Waals surface area (Å²) in [5.74, 6) is 0.460. The molecule has 0 aromatic heterocycles. The van der Waals surface area contributed by atoms with Crippen molar-refractivity contribution in [3.8, 4) is 5.75 Å². The number of nitrogens with zero attached hydrogens (tertiary/aromatic N) is 1. The molecule has 0 fully saturated rings. The smallest absolute Gasteiger partial charge is 0.191 e. The Labute approximate surface area is 127 Å². The maximum absolute atomic E-state index is 12.8. The molecular formula is C15H14FN3OS. The van der Waals surface area contributed by atoms with Gasteiger partial charge in [-0.1, -0.05) is 12.1 Å². The summed E-state index contributed by atoms with van der Waals surface area (Å²) in [6, 6.07) is 13.4. The molecule has 21 heavy (non-hydrogen) atoms. The first-order chi connectivity index (χ1) is 10.2. The van der Waals surface area contributed by atoms with E-state index >= 15 is 0 Å². The zero-order chi connectivity index (χ0) is 15.1. The van der Waals surface area contributed by atoms with E-state index in [0.29, 0.717) is 10.8 Å². The van der Waals surface area contributed by atoms with Crippen LogP contribution in [-0.4, -0.2) is 18.4 Å². The second-order valence-corrected chi connectivity index (χ2v) is 4.52. The van der Waals surface area contributed by atoms with Crippen molar-refractivity contribution in [2.75, 3.05) is 12.4 Å². The van der Waals surface area contributed by atoms with Crippen molar-refractivity contribution in [2.45, 2.75) is 0 Å². The van der Waals surface area contributed by atoms with Gasteiger partial charge in [-0.25, -0.2) is 4.39 Å². The Hall–Kier alpha value is -2.47.